The number of nitrogens with two attached hydrogens (primary N) is 2. The van der Waals surface area contributed by atoms with Crippen LogP contribution in [0.25, 0.3) is 0 Å². The molecule has 9 heteroatoms. The topological polar surface area (TPSA) is 137 Å². The van der Waals surface area contributed by atoms with Crippen molar-refractivity contribution in [2.75, 3.05) is 18.6 Å². The zero-order chi connectivity index (χ0) is 14.7. The number of methoxy groups -OCH3 is 1. The zero-order valence-electron chi connectivity index (χ0n) is 10.4. The van der Waals surface area contributed by atoms with Crippen molar-refractivity contribution in [2.24, 2.45) is 0 Å². The second-order valence-corrected chi connectivity index (χ2v) is 4.67. The van der Waals surface area contributed by atoms with Crippen LogP contribution in [0.4, 0.5) is 11.5 Å². The third kappa shape index (κ3) is 3.06. The highest BCUT2D eigenvalue weighted by Crippen LogP contribution is 2.27. The van der Waals surface area contributed by atoms with Crippen LogP contribution in [0, 0.1) is 0 Å². The number of carbonyl (C=O) groups is 1. The van der Waals surface area contributed by atoms with E-state index in [1.807, 2.05) is 0 Å². The van der Waals surface area contributed by atoms with E-state index in [2.05, 4.69) is 19.7 Å². The van der Waals surface area contributed by atoms with Gasteiger partial charge in [-0.3, -0.25) is 4.79 Å². The molecule has 20 heavy (non-hydrogen) atoms. The number of anilines is 2. The fourth-order valence-electron chi connectivity index (χ4n) is 1.40. The number of H-pyrrole nitrogens is 1. The quantitative estimate of drug-likeness (QED) is 0.541. The van der Waals surface area contributed by atoms with Crippen LogP contribution in [0.15, 0.2) is 33.3 Å². The summed E-state index contributed by atoms with van der Waals surface area (Å²) < 4.78 is 4.65. The maximum absolute atomic E-state index is 11.7. The third-order valence-electron chi connectivity index (χ3n) is 2.21. The van der Waals surface area contributed by atoms with Crippen molar-refractivity contribution < 1.29 is 9.53 Å². The van der Waals surface area contributed by atoms with Crippen molar-refractivity contribution in [2.45, 2.75) is 10.2 Å². The molecule has 0 bridgehead atoms. The number of aromatic amines is 1. The molecule has 0 unspecified atom stereocenters. The van der Waals surface area contributed by atoms with E-state index in [1.165, 1.54) is 19.4 Å². The number of esters is 1. The molecule has 2 heterocycles. The van der Waals surface area contributed by atoms with Crippen LogP contribution < -0.4 is 17.0 Å². The molecule has 0 amide bonds. The monoisotopic (exact) mass is 293 g/mol. The largest absolute Gasteiger partial charge is 0.465 e. The molecule has 2 rings (SSSR count). The van der Waals surface area contributed by atoms with E-state index < -0.39 is 11.5 Å². The molecule has 0 aliphatic heterocycles. The number of aromatic nitrogens is 3. The lowest BCUT2D eigenvalue weighted by Crippen LogP contribution is -2.10. The molecule has 2 aromatic rings. The molecule has 0 aliphatic rings. The number of ether oxygens (including phenoxy) is 1. The summed E-state index contributed by atoms with van der Waals surface area (Å²) in [7, 11) is 1.25. The van der Waals surface area contributed by atoms with Crippen molar-refractivity contribution in [3.05, 3.63) is 34.2 Å². The molecular weight excluding hydrogens is 282 g/mol. The molecule has 5 N–H and O–H groups in total. The minimum atomic E-state index is -0.585. The highest BCUT2D eigenvalue weighted by molar-refractivity contribution is 7.99. The number of nitrogen functional groups attached to an aromatic ring is 2. The molecule has 0 fully saturated rings. The van der Waals surface area contributed by atoms with Crippen LogP contribution in [0.5, 0.6) is 0 Å². The molecule has 0 saturated heterocycles. The molecule has 104 valence electrons. The van der Waals surface area contributed by atoms with E-state index in [9.17, 15) is 9.59 Å². The average Bonchev–Trinajstić information content (AvgIpc) is 2.38. The van der Waals surface area contributed by atoms with Crippen molar-refractivity contribution in [3.8, 4) is 0 Å². The summed E-state index contributed by atoms with van der Waals surface area (Å²) in [6.07, 6.45) is 1.39. The Morgan fingerprint density at radius 3 is 2.80 bits per heavy atom. The summed E-state index contributed by atoms with van der Waals surface area (Å²) in [4.78, 5) is 33.4. The molecule has 0 spiro atoms. The standard InChI is InChI=1S/C11H11N5O3S/c1-19-10(18)6-2-5(12)4-14-9(6)20-11-15-7(13)3-8(17)16-11/h2-4H,12H2,1H3,(H3,13,15,16,17). The lowest BCUT2D eigenvalue weighted by atomic mass is 10.3. The minimum Gasteiger partial charge on any atom is -0.465 e. The highest BCUT2D eigenvalue weighted by Gasteiger charge is 2.16. The predicted molar refractivity (Wildman–Crippen MR) is 73.4 cm³/mol. The number of hydrogen-bond donors (Lipinski definition) is 3. The highest BCUT2D eigenvalue weighted by atomic mass is 32.2. The van der Waals surface area contributed by atoms with E-state index in [0.29, 0.717) is 10.7 Å². The van der Waals surface area contributed by atoms with E-state index >= 15 is 0 Å². The van der Waals surface area contributed by atoms with Gasteiger partial charge >= 0.3 is 5.97 Å². The predicted octanol–water partition coefficient (Wildman–Crippen LogP) is 0.267. The Morgan fingerprint density at radius 2 is 2.15 bits per heavy atom. The van der Waals surface area contributed by atoms with E-state index in [0.717, 1.165) is 17.8 Å². The molecule has 2 aromatic heterocycles. The Bertz CT molecular complexity index is 715. The van der Waals surface area contributed by atoms with Gasteiger partial charge in [0.1, 0.15) is 10.8 Å². The van der Waals surface area contributed by atoms with Crippen LogP contribution in [0.1, 0.15) is 10.4 Å². The minimum absolute atomic E-state index is 0.0753. The summed E-state index contributed by atoms with van der Waals surface area (Å²) in [5, 5.41) is 0.525. The smallest absolute Gasteiger partial charge is 0.340 e. The van der Waals surface area contributed by atoms with Gasteiger partial charge in [0, 0.05) is 6.07 Å². The van der Waals surface area contributed by atoms with Crippen LogP contribution in [-0.4, -0.2) is 28.0 Å². The van der Waals surface area contributed by atoms with Gasteiger partial charge in [-0.15, -0.1) is 0 Å². The van der Waals surface area contributed by atoms with Crippen LogP contribution in [0.3, 0.4) is 0 Å². The normalized spacial score (nSPS) is 10.2. The van der Waals surface area contributed by atoms with Gasteiger partial charge in [0.05, 0.1) is 24.6 Å². The van der Waals surface area contributed by atoms with Gasteiger partial charge in [0.15, 0.2) is 5.16 Å². The Hall–Kier alpha value is -2.55. The lowest BCUT2D eigenvalue weighted by molar-refractivity contribution is 0.0596. The van der Waals surface area contributed by atoms with Gasteiger partial charge in [-0.25, -0.2) is 14.8 Å². The Labute approximate surface area is 117 Å². The fraction of sp³-hybridized carbons (Fsp3) is 0.0909. The van der Waals surface area contributed by atoms with Gasteiger partial charge in [-0.1, -0.05) is 0 Å². The summed E-state index contributed by atoms with van der Waals surface area (Å²) in [6, 6.07) is 2.59. The number of hydrogen-bond acceptors (Lipinski definition) is 8. The summed E-state index contributed by atoms with van der Waals surface area (Å²) in [6.45, 7) is 0. The maximum atomic E-state index is 11.7. The summed E-state index contributed by atoms with van der Waals surface area (Å²) >= 11 is 0.981. The van der Waals surface area contributed by atoms with Crippen molar-refractivity contribution in [1.82, 2.24) is 15.0 Å². The lowest BCUT2D eigenvalue weighted by Gasteiger charge is -2.07. The van der Waals surface area contributed by atoms with Crippen LogP contribution in [0.2, 0.25) is 0 Å². The van der Waals surface area contributed by atoms with Crippen LogP contribution in [-0.2, 0) is 4.74 Å². The van der Waals surface area contributed by atoms with Crippen molar-refractivity contribution in [3.63, 3.8) is 0 Å². The second kappa shape index (κ2) is 5.61. The van der Waals surface area contributed by atoms with E-state index in [-0.39, 0.29) is 16.5 Å². The molecule has 0 radical (unpaired) electrons. The van der Waals surface area contributed by atoms with Crippen molar-refractivity contribution in [1.29, 1.82) is 0 Å². The number of pyridine rings is 1. The van der Waals surface area contributed by atoms with Gasteiger partial charge in [-0.2, -0.15) is 0 Å². The molecule has 0 aromatic carbocycles. The second-order valence-electron chi connectivity index (χ2n) is 3.69. The van der Waals surface area contributed by atoms with Gasteiger partial charge < -0.3 is 21.2 Å². The van der Waals surface area contributed by atoms with E-state index in [1.54, 1.807) is 0 Å². The molecular formula is C11H11N5O3S. The third-order valence-corrected chi connectivity index (χ3v) is 3.12. The SMILES string of the molecule is COC(=O)c1cc(N)cnc1Sc1nc(N)cc(=O)[nH]1. The first-order valence-corrected chi connectivity index (χ1v) is 6.20. The first-order chi connectivity index (χ1) is 9.49. The first-order valence-electron chi connectivity index (χ1n) is 5.38. The van der Waals surface area contributed by atoms with Gasteiger partial charge in [0.25, 0.3) is 5.56 Å². The molecule has 8 nitrogen and oxygen atoms in total. The van der Waals surface area contributed by atoms with Gasteiger partial charge in [0.2, 0.25) is 0 Å². The number of nitrogens with zero attached hydrogens (tertiary/aromatic N) is 2. The Balaban J connectivity index is 2.42. The molecule has 0 atom stereocenters. The number of carbonyl (C=O) groups excluding carboxylic acids is 1. The zero-order valence-corrected chi connectivity index (χ0v) is 11.2. The average molecular weight is 293 g/mol. The summed E-state index contributed by atoms with van der Waals surface area (Å²) in [5.74, 6) is -0.509. The number of nitrogens with one attached hydrogen (secondary N) is 1. The number of rotatable bonds is 3. The van der Waals surface area contributed by atoms with E-state index in [4.69, 9.17) is 11.5 Å². The summed E-state index contributed by atoms with van der Waals surface area (Å²) in [5.41, 5.74) is 11.2. The Kier molecular flexibility index (Phi) is 3.89. The maximum Gasteiger partial charge on any atom is 0.340 e. The molecule has 0 saturated carbocycles. The first kappa shape index (κ1) is 13.9. The van der Waals surface area contributed by atoms with Crippen LogP contribution >= 0.6 is 11.8 Å². The molecule has 0 aliphatic carbocycles. The van der Waals surface area contributed by atoms with Crippen molar-refractivity contribution >= 4 is 29.2 Å². The fourth-order valence-corrected chi connectivity index (χ4v) is 2.24. The Morgan fingerprint density at radius 1 is 1.40 bits per heavy atom. The van der Waals surface area contributed by atoms with Gasteiger partial charge in [-0.05, 0) is 17.8 Å².